The van der Waals surface area contributed by atoms with Crippen LogP contribution in [0.15, 0.2) is 92.5 Å². The van der Waals surface area contributed by atoms with Crippen molar-refractivity contribution in [1.82, 2.24) is 49.3 Å². The maximum atomic E-state index is 13.4. The van der Waals surface area contributed by atoms with E-state index in [1.807, 2.05) is 28.9 Å². The number of carbonyl (C=O) groups excluding carboxylic acids is 6. The summed E-state index contributed by atoms with van der Waals surface area (Å²) in [6.07, 6.45) is 7.57. The minimum atomic E-state index is -0.778. The van der Waals surface area contributed by atoms with Crippen LogP contribution in [0.4, 0.5) is 5.69 Å². The standard InChI is InChI=1S/C55H71N11O14/c1-6-7-20-56-43(68)14-15-44(69)60-37-12-10-35(11-13-37)32-36(33-65(24-8-9-42(67)38-16-25-61(2)52(77)45(38)70)29-21-57-49(74)39-17-26-62(3)53(78)46(39)71)34-66(30-22-58-50(75)40-18-27-63(4)54(79)47(40)72)31-23-59-51(76)41-19-28-64(5)55(80)48(41)73/h10-13,16-19,25-28,36,70-73H,6-9,14-15,20-24,29-34H2,1-5H3,(H,56,68)(H,57,74)(H,58,75)(H,59,76)(H,60,69). The van der Waals surface area contributed by atoms with Gasteiger partial charge in [0.25, 0.3) is 40.0 Å². The molecule has 9 N–H and O–H groups in total. The molecule has 5 aromatic rings. The Morgan fingerprint density at radius 2 is 0.863 bits per heavy atom. The van der Waals surface area contributed by atoms with Crippen LogP contribution in [0.3, 0.4) is 0 Å². The second kappa shape index (κ2) is 29.8. The van der Waals surface area contributed by atoms with Gasteiger partial charge in [0.1, 0.15) is 0 Å². The number of rotatable bonds is 30. The summed E-state index contributed by atoms with van der Waals surface area (Å²) in [4.78, 5) is 132. The summed E-state index contributed by atoms with van der Waals surface area (Å²) in [6, 6.07) is 12.3. The van der Waals surface area contributed by atoms with Gasteiger partial charge in [-0.15, -0.1) is 0 Å². The first-order chi connectivity index (χ1) is 38.1. The molecule has 1 unspecified atom stereocenters. The Bertz CT molecular complexity index is 2940. The first kappa shape index (κ1) is 62.0. The molecule has 0 fully saturated rings. The number of unbranched alkanes of at least 4 members (excludes halogenated alkanes) is 1. The molecule has 80 heavy (non-hydrogen) atoms. The number of amides is 5. The number of ketones is 1. The highest BCUT2D eigenvalue weighted by Crippen LogP contribution is 2.20. The molecule has 0 aliphatic heterocycles. The van der Waals surface area contributed by atoms with Crippen LogP contribution in [0.25, 0.3) is 0 Å². The highest BCUT2D eigenvalue weighted by Gasteiger charge is 2.24. The number of nitrogens with zero attached hydrogens (tertiary/aromatic N) is 6. The lowest BCUT2D eigenvalue weighted by Gasteiger charge is -2.32. The van der Waals surface area contributed by atoms with E-state index in [0.29, 0.717) is 18.7 Å². The average Bonchev–Trinajstić information content (AvgIpc) is 3.43. The molecule has 25 heteroatoms. The molecule has 25 nitrogen and oxygen atoms in total. The fraction of sp³-hybridized carbons (Fsp3) is 0.418. The Hall–Kier alpha value is -8.84. The van der Waals surface area contributed by atoms with Crippen molar-refractivity contribution in [3.8, 4) is 23.0 Å². The Morgan fingerprint density at radius 1 is 0.475 bits per heavy atom. The van der Waals surface area contributed by atoms with Crippen LogP contribution >= 0.6 is 0 Å². The van der Waals surface area contributed by atoms with Gasteiger partial charge in [-0.25, -0.2) is 0 Å². The predicted octanol–water partition coefficient (Wildman–Crippen LogP) is 0.655. The van der Waals surface area contributed by atoms with E-state index in [2.05, 4.69) is 26.6 Å². The quantitative estimate of drug-likeness (QED) is 0.0225. The smallest absolute Gasteiger partial charge is 0.293 e. The molecular weight excluding hydrogens is 1040 g/mol. The molecule has 0 aliphatic carbocycles. The third kappa shape index (κ3) is 17.6. The molecule has 0 saturated heterocycles. The fourth-order valence-electron chi connectivity index (χ4n) is 8.61. The molecule has 0 spiro atoms. The molecule has 1 aromatic carbocycles. The largest absolute Gasteiger partial charge is 0.503 e. The average molecular weight is 1110 g/mol. The van der Waals surface area contributed by atoms with Crippen molar-refractivity contribution in [1.29, 1.82) is 0 Å². The highest BCUT2D eigenvalue weighted by molar-refractivity contribution is 5.99. The van der Waals surface area contributed by atoms with Crippen molar-refractivity contribution in [2.45, 2.75) is 51.9 Å². The van der Waals surface area contributed by atoms with Crippen molar-refractivity contribution in [2.75, 3.05) is 70.8 Å². The normalized spacial score (nSPS) is 11.5. The van der Waals surface area contributed by atoms with E-state index in [1.54, 1.807) is 12.1 Å². The zero-order valence-corrected chi connectivity index (χ0v) is 45.6. The van der Waals surface area contributed by atoms with Crippen molar-refractivity contribution in [2.24, 2.45) is 34.1 Å². The summed E-state index contributed by atoms with van der Waals surface area (Å²) in [5.41, 5.74) is -2.67. The number of pyridine rings is 4. The van der Waals surface area contributed by atoms with Gasteiger partial charge in [0, 0.05) is 137 Å². The lowest BCUT2D eigenvalue weighted by molar-refractivity contribution is -0.124. The van der Waals surface area contributed by atoms with Crippen LogP contribution in [-0.4, -0.2) is 149 Å². The molecule has 0 radical (unpaired) electrons. The number of aromatic hydroxyl groups is 4. The number of aromatic nitrogens is 4. The predicted molar refractivity (Wildman–Crippen MR) is 296 cm³/mol. The lowest BCUT2D eigenvalue weighted by atomic mass is 9.97. The Kier molecular flexibility index (Phi) is 23.1. The maximum Gasteiger partial charge on any atom is 0.293 e. The Labute approximate surface area is 460 Å². The van der Waals surface area contributed by atoms with Gasteiger partial charge in [-0.2, -0.15) is 0 Å². The molecule has 430 valence electrons. The van der Waals surface area contributed by atoms with Crippen molar-refractivity contribution in [3.05, 3.63) is 143 Å². The lowest BCUT2D eigenvalue weighted by Crippen LogP contribution is -2.45. The van der Waals surface area contributed by atoms with Crippen LogP contribution in [0.2, 0.25) is 0 Å². The SMILES string of the molecule is CCCCNC(=O)CCC(=O)Nc1ccc(CC(CN(CCCC(=O)c2ccn(C)c(=O)c2O)CCNC(=O)c2ccn(C)c(=O)c2O)CN(CCNC(=O)c2ccn(C)c(=O)c2O)CCNC(=O)c2ccn(C)c(=O)c2O)cc1. The van der Waals surface area contributed by atoms with Gasteiger partial charge >= 0.3 is 0 Å². The second-order valence-corrected chi connectivity index (χ2v) is 19.4. The van der Waals surface area contributed by atoms with Crippen LogP contribution in [0.5, 0.6) is 23.0 Å². The molecule has 4 heterocycles. The monoisotopic (exact) mass is 1110 g/mol. The minimum absolute atomic E-state index is 0.00882. The van der Waals surface area contributed by atoms with Gasteiger partial charge in [0.05, 0.1) is 22.3 Å². The molecule has 1 atom stereocenters. The first-order valence-corrected chi connectivity index (χ1v) is 26.1. The van der Waals surface area contributed by atoms with Gasteiger partial charge in [0.15, 0.2) is 28.8 Å². The maximum absolute atomic E-state index is 13.4. The molecule has 0 saturated carbocycles. The Morgan fingerprint density at radius 3 is 1.29 bits per heavy atom. The van der Waals surface area contributed by atoms with Gasteiger partial charge in [-0.3, -0.25) is 52.8 Å². The Balaban J connectivity index is 1.44. The van der Waals surface area contributed by atoms with E-state index in [1.165, 1.54) is 77.2 Å². The van der Waals surface area contributed by atoms with Crippen molar-refractivity contribution < 1.29 is 49.2 Å². The van der Waals surface area contributed by atoms with Gasteiger partial charge in [-0.05, 0) is 73.7 Å². The third-order valence-corrected chi connectivity index (χ3v) is 13.3. The summed E-state index contributed by atoms with van der Waals surface area (Å²) < 4.78 is 4.48. The summed E-state index contributed by atoms with van der Waals surface area (Å²) in [5, 5.41) is 55.9. The number of anilines is 1. The topological polar surface area (TPSA) is 338 Å². The number of benzene rings is 1. The fourth-order valence-corrected chi connectivity index (χ4v) is 8.61. The number of carbonyl (C=O) groups is 6. The summed E-state index contributed by atoms with van der Waals surface area (Å²) >= 11 is 0. The van der Waals surface area contributed by atoms with E-state index in [0.717, 1.165) is 36.7 Å². The van der Waals surface area contributed by atoms with Crippen LogP contribution in [0.1, 0.15) is 92.4 Å². The molecule has 0 aliphatic rings. The van der Waals surface area contributed by atoms with E-state index in [4.69, 9.17) is 0 Å². The first-order valence-electron chi connectivity index (χ1n) is 26.1. The van der Waals surface area contributed by atoms with Gasteiger partial charge in [0.2, 0.25) is 11.8 Å². The molecular formula is C55H71N11O14. The van der Waals surface area contributed by atoms with Gasteiger partial charge < -0.3 is 70.2 Å². The van der Waals surface area contributed by atoms with Gasteiger partial charge in [-0.1, -0.05) is 25.5 Å². The summed E-state index contributed by atoms with van der Waals surface area (Å²) in [6.45, 7) is 3.62. The number of hydrogen-bond donors (Lipinski definition) is 9. The molecule has 0 bridgehead atoms. The number of aryl methyl sites for hydroxylation is 4. The molecule has 5 rings (SSSR count). The van der Waals surface area contributed by atoms with E-state index >= 15 is 0 Å². The van der Waals surface area contributed by atoms with Crippen LogP contribution < -0.4 is 48.8 Å². The third-order valence-electron chi connectivity index (χ3n) is 13.3. The molecule has 4 aromatic heterocycles. The van der Waals surface area contributed by atoms with E-state index in [-0.39, 0.29) is 125 Å². The van der Waals surface area contributed by atoms with Crippen LogP contribution in [-0.2, 0) is 44.2 Å². The van der Waals surface area contributed by atoms with Crippen molar-refractivity contribution >= 4 is 41.0 Å². The van der Waals surface area contributed by atoms with E-state index < -0.39 is 68.7 Å². The summed E-state index contributed by atoms with van der Waals surface area (Å²) in [7, 11) is 5.69. The number of hydrogen-bond acceptors (Lipinski definition) is 16. The summed E-state index contributed by atoms with van der Waals surface area (Å²) in [5.74, 6) is -6.52. The van der Waals surface area contributed by atoms with Crippen molar-refractivity contribution in [3.63, 3.8) is 0 Å². The minimum Gasteiger partial charge on any atom is -0.503 e. The van der Waals surface area contributed by atoms with Crippen LogP contribution in [0, 0.1) is 5.92 Å². The number of nitrogens with one attached hydrogen (secondary N) is 5. The highest BCUT2D eigenvalue weighted by atomic mass is 16.3. The zero-order valence-electron chi connectivity index (χ0n) is 45.6. The zero-order chi connectivity index (χ0) is 58.6. The number of Topliss-reactive ketones (excluding diaryl/α,β-unsaturated/α-hetero) is 1. The van der Waals surface area contributed by atoms with E-state index in [9.17, 15) is 68.4 Å². The molecule has 5 amide bonds. The second-order valence-electron chi connectivity index (χ2n) is 19.4.